The molecule has 0 unspecified atom stereocenters. The SMILES string of the molecule is CCCNC(=O)c1cccc(CNC(=O)N(C)Cc2ccccn2)c1. The first-order valence-electron chi connectivity index (χ1n) is 8.36. The summed E-state index contributed by atoms with van der Waals surface area (Å²) in [5.41, 5.74) is 2.31. The van der Waals surface area contributed by atoms with Gasteiger partial charge in [-0.05, 0) is 36.2 Å². The molecule has 0 saturated heterocycles. The van der Waals surface area contributed by atoms with Gasteiger partial charge in [0.25, 0.3) is 5.91 Å². The molecule has 0 aliphatic carbocycles. The fourth-order valence-corrected chi connectivity index (χ4v) is 2.28. The second kappa shape index (κ2) is 9.42. The van der Waals surface area contributed by atoms with Crippen LogP contribution in [0.3, 0.4) is 0 Å². The summed E-state index contributed by atoms with van der Waals surface area (Å²) in [4.78, 5) is 30.0. The number of hydrogen-bond donors (Lipinski definition) is 2. The van der Waals surface area contributed by atoms with E-state index in [-0.39, 0.29) is 11.9 Å². The third-order valence-corrected chi connectivity index (χ3v) is 3.64. The molecule has 6 nitrogen and oxygen atoms in total. The van der Waals surface area contributed by atoms with Crippen molar-refractivity contribution in [2.24, 2.45) is 0 Å². The summed E-state index contributed by atoms with van der Waals surface area (Å²) in [6, 6.07) is 12.7. The van der Waals surface area contributed by atoms with Crippen molar-refractivity contribution in [3.8, 4) is 0 Å². The van der Waals surface area contributed by atoms with E-state index in [0.717, 1.165) is 17.7 Å². The maximum atomic E-state index is 12.2. The van der Waals surface area contributed by atoms with Crippen molar-refractivity contribution in [3.63, 3.8) is 0 Å². The molecule has 2 rings (SSSR count). The minimum absolute atomic E-state index is 0.0951. The number of nitrogens with zero attached hydrogens (tertiary/aromatic N) is 2. The standard InChI is InChI=1S/C19H24N4O2/c1-3-10-21-18(24)16-8-6-7-15(12-16)13-22-19(25)23(2)14-17-9-4-5-11-20-17/h4-9,11-12H,3,10,13-14H2,1-2H3,(H,21,24)(H,22,25). The number of hydrogen-bond acceptors (Lipinski definition) is 3. The lowest BCUT2D eigenvalue weighted by molar-refractivity contribution is 0.0953. The van der Waals surface area contributed by atoms with Crippen LogP contribution in [0.4, 0.5) is 4.79 Å². The van der Waals surface area contributed by atoms with Crippen LogP contribution >= 0.6 is 0 Å². The fraction of sp³-hybridized carbons (Fsp3) is 0.316. The first-order valence-corrected chi connectivity index (χ1v) is 8.36. The molecule has 1 heterocycles. The Morgan fingerprint density at radius 3 is 2.68 bits per heavy atom. The Labute approximate surface area is 148 Å². The highest BCUT2D eigenvalue weighted by Gasteiger charge is 2.10. The normalized spacial score (nSPS) is 10.2. The van der Waals surface area contributed by atoms with E-state index in [9.17, 15) is 9.59 Å². The Kier molecular flexibility index (Phi) is 6.95. The number of aromatic nitrogens is 1. The minimum atomic E-state index is -0.188. The largest absolute Gasteiger partial charge is 0.352 e. The Bertz CT molecular complexity index is 704. The number of amides is 3. The Hall–Kier alpha value is -2.89. The molecule has 0 saturated carbocycles. The average Bonchev–Trinajstić information content (AvgIpc) is 2.65. The molecule has 2 N–H and O–H groups in total. The molecular weight excluding hydrogens is 316 g/mol. The number of benzene rings is 1. The quantitative estimate of drug-likeness (QED) is 0.813. The molecule has 6 heteroatoms. The van der Waals surface area contributed by atoms with Gasteiger partial charge < -0.3 is 15.5 Å². The molecule has 25 heavy (non-hydrogen) atoms. The van der Waals surface area contributed by atoms with Gasteiger partial charge in [-0.25, -0.2) is 4.79 Å². The molecule has 0 aliphatic rings. The molecular formula is C19H24N4O2. The predicted molar refractivity (Wildman–Crippen MR) is 97.0 cm³/mol. The summed E-state index contributed by atoms with van der Waals surface area (Å²) in [6.45, 7) is 3.46. The first-order chi connectivity index (χ1) is 12.1. The monoisotopic (exact) mass is 340 g/mol. The van der Waals surface area contributed by atoms with Crippen molar-refractivity contribution in [3.05, 3.63) is 65.5 Å². The lowest BCUT2D eigenvalue weighted by Gasteiger charge is -2.17. The van der Waals surface area contributed by atoms with Crippen LogP contribution in [-0.4, -0.2) is 35.4 Å². The molecule has 0 spiro atoms. The highest BCUT2D eigenvalue weighted by Crippen LogP contribution is 2.06. The molecule has 0 fully saturated rings. The highest BCUT2D eigenvalue weighted by molar-refractivity contribution is 5.94. The van der Waals surface area contributed by atoms with E-state index in [1.54, 1.807) is 30.3 Å². The van der Waals surface area contributed by atoms with Gasteiger partial charge in [-0.2, -0.15) is 0 Å². The molecule has 132 valence electrons. The van der Waals surface area contributed by atoms with E-state index in [2.05, 4.69) is 15.6 Å². The second-order valence-electron chi connectivity index (χ2n) is 5.79. The predicted octanol–water partition coefficient (Wildman–Crippen LogP) is 2.56. The molecule has 2 aromatic rings. The van der Waals surface area contributed by atoms with Crippen molar-refractivity contribution >= 4 is 11.9 Å². The minimum Gasteiger partial charge on any atom is -0.352 e. The van der Waals surface area contributed by atoms with Crippen molar-refractivity contribution in [1.82, 2.24) is 20.5 Å². The summed E-state index contributed by atoms with van der Waals surface area (Å²) in [7, 11) is 1.72. The number of carbonyl (C=O) groups excluding carboxylic acids is 2. The number of carbonyl (C=O) groups is 2. The zero-order valence-electron chi connectivity index (χ0n) is 14.7. The van der Waals surface area contributed by atoms with E-state index in [0.29, 0.717) is 25.2 Å². The van der Waals surface area contributed by atoms with E-state index in [4.69, 9.17) is 0 Å². The number of rotatable bonds is 7. The summed E-state index contributed by atoms with van der Waals surface area (Å²) in [6.07, 6.45) is 2.60. The molecule has 0 radical (unpaired) electrons. The van der Waals surface area contributed by atoms with Crippen LogP contribution < -0.4 is 10.6 Å². The molecule has 1 aromatic carbocycles. The average molecular weight is 340 g/mol. The zero-order chi connectivity index (χ0) is 18.1. The van der Waals surface area contributed by atoms with Crippen LogP contribution in [0.15, 0.2) is 48.7 Å². The van der Waals surface area contributed by atoms with E-state index in [1.165, 1.54) is 0 Å². The van der Waals surface area contributed by atoms with Crippen molar-refractivity contribution < 1.29 is 9.59 Å². The summed E-state index contributed by atoms with van der Waals surface area (Å²) in [5.74, 6) is -0.0951. The maximum absolute atomic E-state index is 12.2. The van der Waals surface area contributed by atoms with Gasteiger partial charge in [0, 0.05) is 31.9 Å². The molecule has 3 amide bonds. The van der Waals surface area contributed by atoms with Crippen molar-refractivity contribution in [2.45, 2.75) is 26.4 Å². The lowest BCUT2D eigenvalue weighted by atomic mass is 10.1. The maximum Gasteiger partial charge on any atom is 0.317 e. The molecule has 1 aromatic heterocycles. The Morgan fingerprint density at radius 2 is 1.96 bits per heavy atom. The van der Waals surface area contributed by atoms with Gasteiger partial charge in [-0.15, -0.1) is 0 Å². The van der Waals surface area contributed by atoms with Crippen LogP contribution in [0.2, 0.25) is 0 Å². The summed E-state index contributed by atoms with van der Waals surface area (Å²) < 4.78 is 0. The number of urea groups is 1. The van der Waals surface area contributed by atoms with Gasteiger partial charge in [0.1, 0.15) is 0 Å². The summed E-state index contributed by atoms with van der Waals surface area (Å²) >= 11 is 0. The van der Waals surface area contributed by atoms with Gasteiger partial charge in [-0.3, -0.25) is 9.78 Å². The smallest absolute Gasteiger partial charge is 0.317 e. The van der Waals surface area contributed by atoms with Crippen LogP contribution in [-0.2, 0) is 13.1 Å². The van der Waals surface area contributed by atoms with Crippen molar-refractivity contribution in [2.75, 3.05) is 13.6 Å². The third-order valence-electron chi connectivity index (χ3n) is 3.64. The van der Waals surface area contributed by atoms with Gasteiger partial charge >= 0.3 is 6.03 Å². The van der Waals surface area contributed by atoms with E-state index in [1.807, 2.05) is 37.3 Å². The van der Waals surface area contributed by atoms with Gasteiger partial charge in [0.15, 0.2) is 0 Å². The number of pyridine rings is 1. The molecule has 0 bridgehead atoms. The number of nitrogens with one attached hydrogen (secondary N) is 2. The second-order valence-corrected chi connectivity index (χ2v) is 5.79. The van der Waals surface area contributed by atoms with Gasteiger partial charge in [0.05, 0.1) is 12.2 Å². The van der Waals surface area contributed by atoms with Crippen LogP contribution in [0, 0.1) is 0 Å². The topological polar surface area (TPSA) is 74.3 Å². The van der Waals surface area contributed by atoms with Gasteiger partial charge in [0.2, 0.25) is 0 Å². The fourth-order valence-electron chi connectivity index (χ4n) is 2.28. The van der Waals surface area contributed by atoms with Crippen LogP contribution in [0.25, 0.3) is 0 Å². The van der Waals surface area contributed by atoms with Crippen LogP contribution in [0.5, 0.6) is 0 Å². The molecule has 0 atom stereocenters. The Morgan fingerprint density at radius 1 is 1.12 bits per heavy atom. The van der Waals surface area contributed by atoms with E-state index >= 15 is 0 Å². The summed E-state index contributed by atoms with van der Waals surface area (Å²) in [5, 5.41) is 5.70. The first kappa shape index (κ1) is 18.4. The van der Waals surface area contributed by atoms with Crippen LogP contribution in [0.1, 0.15) is 35.0 Å². The highest BCUT2D eigenvalue weighted by atomic mass is 16.2. The zero-order valence-corrected chi connectivity index (χ0v) is 14.7. The molecule has 0 aliphatic heterocycles. The van der Waals surface area contributed by atoms with E-state index < -0.39 is 0 Å². The Balaban J connectivity index is 1.87. The lowest BCUT2D eigenvalue weighted by Crippen LogP contribution is -2.36. The van der Waals surface area contributed by atoms with Gasteiger partial charge in [-0.1, -0.05) is 25.1 Å². The third kappa shape index (κ3) is 5.91. The van der Waals surface area contributed by atoms with Crippen molar-refractivity contribution in [1.29, 1.82) is 0 Å².